The van der Waals surface area contributed by atoms with Crippen LogP contribution in [0.5, 0.6) is 0 Å². The highest BCUT2D eigenvalue weighted by molar-refractivity contribution is 6.27. The van der Waals surface area contributed by atoms with Crippen molar-refractivity contribution in [1.29, 1.82) is 0 Å². The topological polar surface area (TPSA) is 27.7 Å². The summed E-state index contributed by atoms with van der Waals surface area (Å²) in [6.45, 7) is 4.01. The maximum absolute atomic E-state index is 5.57. The second-order valence-corrected chi connectivity index (χ2v) is 4.58. The molecule has 0 bridgehead atoms. The molecule has 0 aliphatic rings. The van der Waals surface area contributed by atoms with E-state index in [1.807, 2.05) is 0 Å². The van der Waals surface area contributed by atoms with Gasteiger partial charge in [-0.05, 0) is 6.04 Å². The molecule has 0 atom stereocenters. The number of methoxy groups -OCH3 is 2. The minimum atomic E-state index is -0.807. The molecular formula is C9H22O3Si. The van der Waals surface area contributed by atoms with Gasteiger partial charge < -0.3 is 13.9 Å². The summed E-state index contributed by atoms with van der Waals surface area (Å²) in [7, 11) is 2.72. The summed E-state index contributed by atoms with van der Waals surface area (Å²) in [6.07, 6.45) is 3.83. The molecule has 0 saturated heterocycles. The molecule has 0 fully saturated rings. The molecule has 0 radical (unpaired) electrons. The largest absolute Gasteiger partial charge is 0.376 e. The Hall–Kier alpha value is 0.0969. The lowest BCUT2D eigenvalue weighted by Crippen LogP contribution is -2.34. The first kappa shape index (κ1) is 13.1. The van der Waals surface area contributed by atoms with Crippen molar-refractivity contribution >= 4 is 9.76 Å². The average Bonchev–Trinajstić information content (AvgIpc) is 2.17. The summed E-state index contributed by atoms with van der Waals surface area (Å²) in [4.78, 5) is 0. The van der Waals surface area contributed by atoms with Crippen LogP contribution < -0.4 is 0 Å². The predicted molar refractivity (Wildman–Crippen MR) is 56.4 cm³/mol. The van der Waals surface area contributed by atoms with Crippen LogP contribution in [0.4, 0.5) is 0 Å². The van der Waals surface area contributed by atoms with Gasteiger partial charge >= 0.3 is 0 Å². The number of hydrogen-bond acceptors (Lipinski definition) is 3. The molecule has 13 heavy (non-hydrogen) atoms. The Balaban J connectivity index is 3.39. The quantitative estimate of drug-likeness (QED) is 0.343. The molecule has 0 amide bonds. The molecule has 0 aromatic carbocycles. The van der Waals surface area contributed by atoms with E-state index in [2.05, 4.69) is 6.92 Å². The Labute approximate surface area is 83.7 Å². The summed E-state index contributed by atoms with van der Waals surface area (Å²) >= 11 is 0. The molecule has 4 heteroatoms. The van der Waals surface area contributed by atoms with Crippen molar-refractivity contribution < 1.29 is 13.9 Å². The Bertz CT molecular complexity index is 115. The highest BCUT2D eigenvalue weighted by Gasteiger charge is 2.22. The number of ether oxygens (including phenoxy) is 2. The van der Waals surface area contributed by atoms with Crippen LogP contribution in [-0.2, 0) is 13.9 Å². The van der Waals surface area contributed by atoms with Gasteiger partial charge in [-0.15, -0.1) is 0 Å². The molecule has 0 unspecified atom stereocenters. The molecule has 0 aliphatic carbocycles. The van der Waals surface area contributed by atoms with Gasteiger partial charge in [0.1, 0.15) is 0 Å². The first-order chi connectivity index (χ1) is 6.18. The zero-order valence-electron chi connectivity index (χ0n) is 9.26. The SMILES string of the molecule is CCCCC[SiH2]OC(C)(OC)OC. The molecule has 0 saturated carbocycles. The highest BCUT2D eigenvalue weighted by atomic mass is 28.2. The summed E-state index contributed by atoms with van der Waals surface area (Å²) in [5.74, 6) is -0.807. The van der Waals surface area contributed by atoms with Crippen molar-refractivity contribution in [1.82, 2.24) is 0 Å². The fourth-order valence-electron chi connectivity index (χ4n) is 0.988. The highest BCUT2D eigenvalue weighted by Crippen LogP contribution is 2.11. The monoisotopic (exact) mass is 206 g/mol. The van der Waals surface area contributed by atoms with Crippen molar-refractivity contribution in [2.75, 3.05) is 14.2 Å². The third kappa shape index (κ3) is 6.21. The average molecular weight is 206 g/mol. The van der Waals surface area contributed by atoms with Crippen molar-refractivity contribution in [2.24, 2.45) is 0 Å². The van der Waals surface area contributed by atoms with E-state index in [-0.39, 0.29) is 0 Å². The molecule has 0 heterocycles. The minimum Gasteiger partial charge on any atom is -0.376 e. The van der Waals surface area contributed by atoms with Crippen LogP contribution in [0.2, 0.25) is 6.04 Å². The number of rotatable bonds is 8. The Morgan fingerprint density at radius 2 is 1.77 bits per heavy atom. The lowest BCUT2D eigenvalue weighted by Gasteiger charge is -2.26. The van der Waals surface area contributed by atoms with Crippen LogP contribution in [0, 0.1) is 0 Å². The molecule has 0 rings (SSSR count). The summed E-state index contributed by atoms with van der Waals surface area (Å²) in [5, 5.41) is 0. The van der Waals surface area contributed by atoms with Gasteiger partial charge in [-0.1, -0.05) is 26.2 Å². The van der Waals surface area contributed by atoms with Gasteiger partial charge in [-0.25, -0.2) is 0 Å². The molecule has 0 aromatic rings. The fraction of sp³-hybridized carbons (Fsp3) is 1.00. The van der Waals surface area contributed by atoms with Crippen molar-refractivity contribution in [3.63, 3.8) is 0 Å². The van der Waals surface area contributed by atoms with Gasteiger partial charge in [0.15, 0.2) is 9.76 Å². The maximum atomic E-state index is 5.57. The minimum absolute atomic E-state index is 0.485. The molecule has 0 spiro atoms. The Kier molecular flexibility index (Phi) is 7.55. The molecule has 0 N–H and O–H groups in total. The lowest BCUT2D eigenvalue weighted by atomic mass is 10.3. The van der Waals surface area contributed by atoms with E-state index in [1.165, 1.54) is 25.3 Å². The van der Waals surface area contributed by atoms with Crippen LogP contribution in [-0.4, -0.2) is 30.0 Å². The third-order valence-corrected chi connectivity index (χ3v) is 3.62. The first-order valence-corrected chi connectivity index (χ1v) is 6.50. The van der Waals surface area contributed by atoms with Crippen LogP contribution in [0.1, 0.15) is 33.1 Å². The van der Waals surface area contributed by atoms with Crippen LogP contribution in [0.25, 0.3) is 0 Å². The summed E-state index contributed by atoms with van der Waals surface area (Å²) in [5.41, 5.74) is 0. The van der Waals surface area contributed by atoms with E-state index >= 15 is 0 Å². The van der Waals surface area contributed by atoms with Gasteiger partial charge in [0.05, 0.1) is 0 Å². The second-order valence-electron chi connectivity index (χ2n) is 3.18. The van der Waals surface area contributed by atoms with Crippen molar-refractivity contribution in [3.8, 4) is 0 Å². The maximum Gasteiger partial charge on any atom is 0.269 e. The van der Waals surface area contributed by atoms with E-state index in [9.17, 15) is 0 Å². The van der Waals surface area contributed by atoms with Crippen LogP contribution in [0.15, 0.2) is 0 Å². The smallest absolute Gasteiger partial charge is 0.269 e. The van der Waals surface area contributed by atoms with Gasteiger partial charge in [-0.2, -0.15) is 0 Å². The van der Waals surface area contributed by atoms with Gasteiger partial charge in [-0.3, -0.25) is 0 Å². The van der Waals surface area contributed by atoms with E-state index in [4.69, 9.17) is 13.9 Å². The Morgan fingerprint density at radius 3 is 2.23 bits per heavy atom. The molecule has 3 nitrogen and oxygen atoms in total. The first-order valence-electron chi connectivity index (χ1n) is 4.92. The van der Waals surface area contributed by atoms with E-state index < -0.39 is 15.7 Å². The van der Waals surface area contributed by atoms with Crippen molar-refractivity contribution in [2.45, 2.75) is 45.1 Å². The zero-order valence-corrected chi connectivity index (χ0v) is 10.7. The summed E-state index contributed by atoms with van der Waals surface area (Å²) in [6, 6.07) is 1.20. The lowest BCUT2D eigenvalue weighted by molar-refractivity contribution is -0.310. The molecule has 0 aliphatic heterocycles. The molecule has 0 aromatic heterocycles. The fourth-order valence-corrected chi connectivity index (χ4v) is 2.30. The normalized spacial score (nSPS) is 12.9. The predicted octanol–water partition coefficient (Wildman–Crippen LogP) is 1.66. The molecule has 80 valence electrons. The number of hydrogen-bond donors (Lipinski definition) is 0. The van der Waals surface area contributed by atoms with Crippen LogP contribution >= 0.6 is 0 Å². The molecular weight excluding hydrogens is 184 g/mol. The van der Waals surface area contributed by atoms with Crippen molar-refractivity contribution in [3.05, 3.63) is 0 Å². The van der Waals surface area contributed by atoms with Gasteiger partial charge in [0, 0.05) is 21.1 Å². The third-order valence-electron chi connectivity index (χ3n) is 2.10. The van der Waals surface area contributed by atoms with E-state index in [0.717, 1.165) is 0 Å². The summed E-state index contributed by atoms with van der Waals surface area (Å²) < 4.78 is 15.7. The van der Waals surface area contributed by atoms with Crippen LogP contribution in [0.3, 0.4) is 0 Å². The second kappa shape index (κ2) is 7.50. The standard InChI is InChI=1S/C9H22O3Si/c1-5-6-7-8-13-12-9(2,10-3)11-4/h5-8,13H2,1-4H3. The number of unbranched alkanes of at least 4 members (excludes halogenated alkanes) is 2. The zero-order chi connectivity index (χ0) is 10.2. The van der Waals surface area contributed by atoms with E-state index in [0.29, 0.717) is 0 Å². The van der Waals surface area contributed by atoms with Gasteiger partial charge in [0.2, 0.25) is 0 Å². The Morgan fingerprint density at radius 1 is 1.15 bits per heavy atom. The van der Waals surface area contributed by atoms with Gasteiger partial charge in [0.25, 0.3) is 5.97 Å². The van der Waals surface area contributed by atoms with E-state index in [1.54, 1.807) is 21.1 Å².